The molecule has 3 heterocycles. The molecular formula is C32H46N6O2. The van der Waals surface area contributed by atoms with E-state index in [4.69, 9.17) is 9.97 Å². The largest absolute Gasteiger partial charge is 0.326 e. The van der Waals surface area contributed by atoms with Crippen molar-refractivity contribution >= 4 is 40.3 Å². The highest BCUT2D eigenvalue weighted by Crippen LogP contribution is 2.27. The maximum Gasteiger partial charge on any atom is 0.228 e. The minimum atomic E-state index is -0.100. The predicted octanol–water partition coefficient (Wildman–Crippen LogP) is 6.82. The van der Waals surface area contributed by atoms with Crippen LogP contribution in [-0.2, 0) is 11.3 Å². The van der Waals surface area contributed by atoms with Crippen LogP contribution in [0.5, 0.6) is 0 Å². The Balaban J connectivity index is 1.66. The van der Waals surface area contributed by atoms with Crippen LogP contribution >= 0.6 is 0 Å². The smallest absolute Gasteiger partial charge is 0.228 e. The summed E-state index contributed by atoms with van der Waals surface area (Å²) in [6.07, 6.45) is 7.26. The maximum absolute atomic E-state index is 13.4. The molecule has 3 aromatic rings. The minimum Gasteiger partial charge on any atom is -0.326 e. The van der Waals surface area contributed by atoms with Gasteiger partial charge in [0.2, 0.25) is 11.9 Å². The molecule has 1 fully saturated rings. The van der Waals surface area contributed by atoms with E-state index in [1.54, 1.807) is 6.92 Å². The van der Waals surface area contributed by atoms with Crippen LogP contribution in [0.3, 0.4) is 0 Å². The van der Waals surface area contributed by atoms with Gasteiger partial charge in [0.1, 0.15) is 11.3 Å². The number of Topliss-reactive ketones (excluding diaryl/α,β-unsaturated/α-hetero) is 1. The molecule has 1 N–H and O–H groups in total. The zero-order valence-electron chi connectivity index (χ0n) is 25.0. The lowest BCUT2D eigenvalue weighted by Gasteiger charge is -2.26. The lowest BCUT2D eigenvalue weighted by molar-refractivity contribution is -0.120. The molecule has 216 valence electrons. The summed E-state index contributed by atoms with van der Waals surface area (Å²) in [5, 5.41) is 3.46. The Bertz CT molecular complexity index is 1290. The lowest BCUT2D eigenvalue weighted by atomic mass is 9.91. The normalized spacial score (nSPS) is 14.4. The molecule has 1 aliphatic rings. The average Bonchev–Trinajstić information content (AvgIpc) is 3.25. The van der Waals surface area contributed by atoms with Crippen LogP contribution in [-0.4, -0.2) is 57.3 Å². The van der Waals surface area contributed by atoms with E-state index in [2.05, 4.69) is 42.5 Å². The quantitative estimate of drug-likeness (QED) is 0.251. The third kappa shape index (κ3) is 7.90. The number of likely N-dealkylation sites (tertiary alicyclic amines) is 1. The minimum absolute atomic E-state index is 0.0434. The lowest BCUT2D eigenvalue weighted by Crippen LogP contribution is -2.35. The summed E-state index contributed by atoms with van der Waals surface area (Å²) in [4.78, 5) is 39.5. The van der Waals surface area contributed by atoms with Gasteiger partial charge in [-0.3, -0.25) is 19.1 Å². The van der Waals surface area contributed by atoms with E-state index in [-0.39, 0.29) is 17.1 Å². The Morgan fingerprint density at radius 2 is 1.68 bits per heavy atom. The monoisotopic (exact) mass is 546 g/mol. The van der Waals surface area contributed by atoms with Crippen LogP contribution in [0.4, 0.5) is 17.5 Å². The molecule has 1 amide bonds. The van der Waals surface area contributed by atoms with E-state index in [0.29, 0.717) is 24.3 Å². The maximum atomic E-state index is 13.4. The van der Waals surface area contributed by atoms with Crippen molar-refractivity contribution in [2.75, 3.05) is 36.4 Å². The van der Waals surface area contributed by atoms with Gasteiger partial charge >= 0.3 is 0 Å². The molecule has 2 aromatic heterocycles. The van der Waals surface area contributed by atoms with E-state index in [9.17, 15) is 9.59 Å². The zero-order chi connectivity index (χ0) is 28.7. The Morgan fingerprint density at radius 3 is 2.33 bits per heavy atom. The van der Waals surface area contributed by atoms with Crippen molar-refractivity contribution < 1.29 is 9.59 Å². The van der Waals surface area contributed by atoms with Gasteiger partial charge < -0.3 is 10.2 Å². The fourth-order valence-electron chi connectivity index (χ4n) is 5.23. The molecule has 0 saturated carbocycles. The van der Waals surface area contributed by atoms with Gasteiger partial charge in [-0.15, -0.1) is 0 Å². The number of imidazole rings is 1. The number of nitrogens with one attached hydrogen (secondary N) is 1. The molecule has 0 radical (unpaired) electrons. The number of amides is 1. The Labute approximate surface area is 239 Å². The number of anilines is 3. The first-order valence-corrected chi connectivity index (χ1v) is 14.9. The number of hydrogen-bond acceptors (Lipinski definition) is 6. The molecule has 0 aliphatic carbocycles. The van der Waals surface area contributed by atoms with Gasteiger partial charge in [0.25, 0.3) is 0 Å². The Morgan fingerprint density at radius 1 is 0.950 bits per heavy atom. The second-order valence-electron chi connectivity index (χ2n) is 12.2. The number of nitrogens with zero attached hydrogens (tertiary/aromatic N) is 5. The van der Waals surface area contributed by atoms with Gasteiger partial charge in [-0.05, 0) is 94.1 Å². The molecule has 0 unspecified atom stereocenters. The van der Waals surface area contributed by atoms with Gasteiger partial charge in [0.05, 0.1) is 0 Å². The number of carbonyl (C=O) groups excluding carboxylic acids is 2. The number of benzene rings is 1. The van der Waals surface area contributed by atoms with Gasteiger partial charge in [0.15, 0.2) is 11.4 Å². The number of unbranched alkanes of at least 4 members (excludes halogenated alkanes) is 1. The summed E-state index contributed by atoms with van der Waals surface area (Å²) in [5.41, 5.74) is 3.02. The van der Waals surface area contributed by atoms with Crippen molar-refractivity contribution in [3.8, 4) is 0 Å². The molecule has 1 aliphatic heterocycles. The molecule has 8 heteroatoms. The second kappa shape index (κ2) is 13.4. The number of hydrogen-bond donors (Lipinski definition) is 1. The van der Waals surface area contributed by atoms with Crippen molar-refractivity contribution in [3.05, 3.63) is 42.0 Å². The molecule has 1 aromatic carbocycles. The van der Waals surface area contributed by atoms with Gasteiger partial charge in [-0.1, -0.05) is 40.5 Å². The second-order valence-corrected chi connectivity index (χ2v) is 12.2. The van der Waals surface area contributed by atoms with E-state index in [1.165, 1.54) is 32.4 Å². The van der Waals surface area contributed by atoms with Crippen LogP contribution in [0.25, 0.3) is 11.2 Å². The summed E-state index contributed by atoms with van der Waals surface area (Å²) in [6, 6.07) is 11.4. The van der Waals surface area contributed by atoms with Crippen molar-refractivity contribution in [2.45, 2.75) is 86.1 Å². The molecule has 4 rings (SSSR count). The van der Waals surface area contributed by atoms with Crippen LogP contribution in [0.15, 0.2) is 36.4 Å². The predicted molar refractivity (Wildman–Crippen MR) is 163 cm³/mol. The Hall–Kier alpha value is -3.26. The van der Waals surface area contributed by atoms with Crippen LogP contribution in [0.1, 0.15) is 89.9 Å². The highest BCUT2D eigenvalue weighted by atomic mass is 16.2. The number of pyridine rings is 1. The number of carbonyl (C=O) groups is 2. The topological polar surface area (TPSA) is 83.4 Å². The molecule has 0 bridgehead atoms. The van der Waals surface area contributed by atoms with Crippen LogP contribution in [0, 0.1) is 5.41 Å². The summed E-state index contributed by atoms with van der Waals surface area (Å²) in [7, 11) is 0. The third-order valence-electron chi connectivity index (χ3n) is 7.42. The average molecular weight is 547 g/mol. The summed E-state index contributed by atoms with van der Waals surface area (Å²) >= 11 is 0. The molecule has 0 atom stereocenters. The molecule has 0 spiro atoms. The summed E-state index contributed by atoms with van der Waals surface area (Å²) in [6.45, 7) is 14.8. The van der Waals surface area contributed by atoms with Crippen LogP contribution in [0.2, 0.25) is 0 Å². The SMILES string of the molecule is CCCCN(C(=O)CC(C)(C)C)c1ccc2nc(Nc3ccc(C(C)=O)cc3)n(CCCN3CCCCC3)c2n1. The fourth-order valence-corrected chi connectivity index (χ4v) is 5.23. The van der Waals surface area contributed by atoms with Crippen molar-refractivity contribution in [3.63, 3.8) is 0 Å². The van der Waals surface area contributed by atoms with E-state index in [0.717, 1.165) is 55.2 Å². The number of ketones is 1. The summed E-state index contributed by atoms with van der Waals surface area (Å²) < 4.78 is 2.15. The standard InChI is InChI=1S/C32H46N6O2/c1-6-7-21-37(29(40)23-32(3,4)5)28-17-16-27-30(35-28)38(22-11-20-36-18-9-8-10-19-36)31(34-27)33-26-14-12-25(13-15-26)24(2)39/h12-17H,6-11,18-23H2,1-5H3,(H,33,34). The van der Waals surface area contributed by atoms with Gasteiger partial charge in [-0.25, -0.2) is 9.97 Å². The first-order valence-electron chi connectivity index (χ1n) is 14.9. The van der Waals surface area contributed by atoms with E-state index < -0.39 is 0 Å². The van der Waals surface area contributed by atoms with Crippen LogP contribution < -0.4 is 10.2 Å². The van der Waals surface area contributed by atoms with Crippen molar-refractivity contribution in [2.24, 2.45) is 5.41 Å². The number of rotatable bonds is 12. The molecule has 8 nitrogen and oxygen atoms in total. The number of aromatic nitrogens is 3. The van der Waals surface area contributed by atoms with E-state index >= 15 is 0 Å². The summed E-state index contributed by atoms with van der Waals surface area (Å²) in [5.74, 6) is 1.55. The third-order valence-corrected chi connectivity index (χ3v) is 7.42. The molecule has 1 saturated heterocycles. The number of piperidine rings is 1. The molecule has 40 heavy (non-hydrogen) atoms. The highest BCUT2D eigenvalue weighted by molar-refractivity contribution is 5.95. The van der Waals surface area contributed by atoms with Gasteiger partial charge in [0, 0.05) is 30.8 Å². The first kappa shape index (κ1) is 29.7. The zero-order valence-corrected chi connectivity index (χ0v) is 25.0. The van der Waals surface area contributed by atoms with Gasteiger partial charge in [-0.2, -0.15) is 0 Å². The first-order chi connectivity index (χ1) is 19.1. The number of fused-ring (bicyclic) bond motifs is 1. The van der Waals surface area contributed by atoms with Crippen molar-refractivity contribution in [1.29, 1.82) is 0 Å². The Kier molecular flexibility index (Phi) is 9.95. The fraction of sp³-hybridized carbons (Fsp3) is 0.562. The highest BCUT2D eigenvalue weighted by Gasteiger charge is 2.24. The van der Waals surface area contributed by atoms with Crippen molar-refractivity contribution in [1.82, 2.24) is 19.4 Å². The van der Waals surface area contributed by atoms with E-state index in [1.807, 2.05) is 41.3 Å². The molecular weight excluding hydrogens is 500 g/mol. The number of aryl methyl sites for hydroxylation is 1.